The van der Waals surface area contributed by atoms with E-state index in [1.807, 2.05) is 6.92 Å². The van der Waals surface area contributed by atoms with Crippen molar-refractivity contribution in [3.05, 3.63) is 27.9 Å². The smallest absolute Gasteiger partial charge is 0.331 e. The highest BCUT2D eigenvalue weighted by molar-refractivity contribution is 5.97. The molecule has 0 fully saturated rings. The van der Waals surface area contributed by atoms with E-state index in [1.165, 1.54) is 6.20 Å². The lowest BCUT2D eigenvalue weighted by atomic mass is 10.2. The summed E-state index contributed by atoms with van der Waals surface area (Å²) in [5.41, 5.74) is 5.10. The molecule has 0 radical (unpaired) electrons. The summed E-state index contributed by atoms with van der Waals surface area (Å²) in [6.45, 7) is 2.80. The van der Waals surface area contributed by atoms with Crippen molar-refractivity contribution in [3.63, 3.8) is 0 Å². The standard InChI is InChI=1S/C10H14N4O5/c1-2-18-3-4-19-10-8(14(16)17)5-7(6-12-10)9(11)13-15/h5-6,15H,2-4H2,1H3,(H2,11,13). The van der Waals surface area contributed by atoms with E-state index in [4.69, 9.17) is 20.4 Å². The Kier molecular flexibility index (Phi) is 5.48. The summed E-state index contributed by atoms with van der Waals surface area (Å²) in [5, 5.41) is 22.1. The van der Waals surface area contributed by atoms with E-state index in [1.54, 1.807) is 0 Å². The normalized spacial score (nSPS) is 11.3. The molecule has 0 aliphatic carbocycles. The Labute approximate surface area is 108 Å². The number of ether oxygens (including phenoxy) is 2. The quantitative estimate of drug-likeness (QED) is 0.184. The van der Waals surface area contributed by atoms with Gasteiger partial charge in [-0.2, -0.15) is 0 Å². The number of pyridine rings is 1. The molecule has 9 nitrogen and oxygen atoms in total. The molecule has 19 heavy (non-hydrogen) atoms. The summed E-state index contributed by atoms with van der Waals surface area (Å²) in [6.07, 6.45) is 1.22. The SMILES string of the molecule is CCOCCOc1ncc(C(N)=NO)cc1[N+](=O)[O-]. The molecule has 1 rings (SSSR count). The molecule has 0 saturated carbocycles. The van der Waals surface area contributed by atoms with Crippen LogP contribution in [0.1, 0.15) is 12.5 Å². The van der Waals surface area contributed by atoms with Crippen molar-refractivity contribution in [2.45, 2.75) is 6.92 Å². The molecular formula is C10H14N4O5. The first kappa shape index (κ1) is 14.6. The van der Waals surface area contributed by atoms with Gasteiger partial charge in [-0.25, -0.2) is 4.98 Å². The van der Waals surface area contributed by atoms with Gasteiger partial charge in [0.2, 0.25) is 0 Å². The number of hydrogen-bond acceptors (Lipinski definition) is 7. The Morgan fingerprint density at radius 1 is 1.63 bits per heavy atom. The topological polar surface area (TPSA) is 133 Å². The number of hydrogen-bond donors (Lipinski definition) is 2. The van der Waals surface area contributed by atoms with Gasteiger partial charge in [0.25, 0.3) is 5.88 Å². The van der Waals surface area contributed by atoms with Crippen molar-refractivity contribution >= 4 is 11.5 Å². The zero-order valence-corrected chi connectivity index (χ0v) is 10.3. The van der Waals surface area contributed by atoms with E-state index in [0.717, 1.165) is 6.07 Å². The van der Waals surface area contributed by atoms with Crippen LogP contribution in [0.3, 0.4) is 0 Å². The third-order valence-corrected chi connectivity index (χ3v) is 2.10. The lowest BCUT2D eigenvalue weighted by molar-refractivity contribution is -0.386. The fourth-order valence-corrected chi connectivity index (χ4v) is 1.22. The summed E-state index contributed by atoms with van der Waals surface area (Å²) in [6, 6.07) is 1.12. The molecule has 0 unspecified atom stereocenters. The number of aromatic nitrogens is 1. The molecule has 0 aromatic carbocycles. The number of amidine groups is 1. The maximum Gasteiger partial charge on any atom is 0.331 e. The fourth-order valence-electron chi connectivity index (χ4n) is 1.22. The van der Waals surface area contributed by atoms with Gasteiger partial charge in [-0.15, -0.1) is 0 Å². The Hall–Kier alpha value is -2.42. The van der Waals surface area contributed by atoms with Crippen molar-refractivity contribution in [3.8, 4) is 5.88 Å². The summed E-state index contributed by atoms with van der Waals surface area (Å²) < 4.78 is 10.2. The first-order valence-corrected chi connectivity index (χ1v) is 5.43. The van der Waals surface area contributed by atoms with E-state index >= 15 is 0 Å². The molecule has 0 spiro atoms. The van der Waals surface area contributed by atoms with Gasteiger partial charge in [-0.05, 0) is 6.92 Å². The van der Waals surface area contributed by atoms with E-state index in [9.17, 15) is 10.1 Å². The number of nitrogens with two attached hydrogens (primary N) is 1. The minimum atomic E-state index is -0.656. The molecule has 3 N–H and O–H groups in total. The van der Waals surface area contributed by atoms with Crippen LogP contribution in [0.4, 0.5) is 5.69 Å². The highest BCUT2D eigenvalue weighted by Gasteiger charge is 2.19. The van der Waals surface area contributed by atoms with Crippen LogP contribution in [-0.2, 0) is 4.74 Å². The second-order valence-electron chi connectivity index (χ2n) is 3.34. The number of rotatable bonds is 7. The highest BCUT2D eigenvalue weighted by Crippen LogP contribution is 2.24. The van der Waals surface area contributed by atoms with Gasteiger partial charge in [0, 0.05) is 24.4 Å². The maximum absolute atomic E-state index is 10.9. The molecule has 0 aliphatic heterocycles. The first-order chi connectivity index (χ1) is 9.10. The van der Waals surface area contributed by atoms with Gasteiger partial charge in [0.15, 0.2) is 5.84 Å². The van der Waals surface area contributed by atoms with Crippen LogP contribution < -0.4 is 10.5 Å². The Morgan fingerprint density at radius 2 is 2.37 bits per heavy atom. The largest absolute Gasteiger partial charge is 0.470 e. The zero-order valence-electron chi connectivity index (χ0n) is 10.3. The lowest BCUT2D eigenvalue weighted by Crippen LogP contribution is -2.15. The Bertz CT molecular complexity index is 477. The van der Waals surface area contributed by atoms with Crippen LogP contribution in [0, 0.1) is 10.1 Å². The first-order valence-electron chi connectivity index (χ1n) is 5.43. The zero-order chi connectivity index (χ0) is 14.3. The summed E-state index contributed by atoms with van der Waals surface area (Å²) in [7, 11) is 0. The van der Waals surface area contributed by atoms with Gasteiger partial charge < -0.3 is 20.4 Å². The number of oxime groups is 1. The molecule has 9 heteroatoms. The molecular weight excluding hydrogens is 256 g/mol. The lowest BCUT2D eigenvalue weighted by Gasteiger charge is -2.06. The van der Waals surface area contributed by atoms with Crippen LogP contribution in [0.2, 0.25) is 0 Å². The highest BCUT2D eigenvalue weighted by atomic mass is 16.6. The molecule has 0 amide bonds. The van der Waals surface area contributed by atoms with Crippen molar-refractivity contribution in [2.75, 3.05) is 19.8 Å². The molecule has 0 saturated heterocycles. The summed E-state index contributed by atoms with van der Waals surface area (Å²) in [5.74, 6) is -0.407. The number of nitro groups is 1. The van der Waals surface area contributed by atoms with Crippen LogP contribution in [-0.4, -0.2) is 40.8 Å². The van der Waals surface area contributed by atoms with Gasteiger partial charge in [-0.1, -0.05) is 5.16 Å². The average Bonchev–Trinajstić information content (AvgIpc) is 2.42. The second kappa shape index (κ2) is 7.11. The second-order valence-corrected chi connectivity index (χ2v) is 3.34. The Balaban J connectivity index is 2.89. The van der Waals surface area contributed by atoms with Gasteiger partial charge in [-0.3, -0.25) is 10.1 Å². The molecule has 104 valence electrons. The molecule has 0 aliphatic rings. The minimum absolute atomic E-state index is 0.131. The molecule has 1 heterocycles. The van der Waals surface area contributed by atoms with Crippen LogP contribution in [0.15, 0.2) is 17.4 Å². The predicted molar refractivity (Wildman–Crippen MR) is 65.4 cm³/mol. The summed E-state index contributed by atoms with van der Waals surface area (Å²) >= 11 is 0. The molecule has 0 bridgehead atoms. The van der Waals surface area contributed by atoms with Gasteiger partial charge >= 0.3 is 5.69 Å². The molecule has 1 aromatic heterocycles. The molecule has 1 aromatic rings. The Morgan fingerprint density at radius 3 is 2.95 bits per heavy atom. The van der Waals surface area contributed by atoms with Gasteiger partial charge in [0.1, 0.15) is 6.61 Å². The van der Waals surface area contributed by atoms with Gasteiger partial charge in [0.05, 0.1) is 11.5 Å². The van der Waals surface area contributed by atoms with Crippen LogP contribution in [0.25, 0.3) is 0 Å². The minimum Gasteiger partial charge on any atom is -0.470 e. The predicted octanol–water partition coefficient (Wildman–Crippen LogP) is 0.500. The van der Waals surface area contributed by atoms with Crippen molar-refractivity contribution in [1.29, 1.82) is 0 Å². The van der Waals surface area contributed by atoms with Crippen molar-refractivity contribution in [2.24, 2.45) is 10.9 Å². The van der Waals surface area contributed by atoms with E-state index in [2.05, 4.69) is 10.1 Å². The van der Waals surface area contributed by atoms with E-state index < -0.39 is 4.92 Å². The fraction of sp³-hybridized carbons (Fsp3) is 0.400. The monoisotopic (exact) mass is 270 g/mol. The maximum atomic E-state index is 10.9. The summed E-state index contributed by atoms with van der Waals surface area (Å²) in [4.78, 5) is 14.0. The number of nitrogens with zero attached hydrogens (tertiary/aromatic N) is 3. The average molecular weight is 270 g/mol. The van der Waals surface area contributed by atoms with Crippen LogP contribution in [0.5, 0.6) is 5.88 Å². The van der Waals surface area contributed by atoms with Crippen LogP contribution >= 0.6 is 0 Å². The van der Waals surface area contributed by atoms with Crippen molar-refractivity contribution in [1.82, 2.24) is 4.98 Å². The molecule has 0 atom stereocenters. The van der Waals surface area contributed by atoms with E-state index in [0.29, 0.717) is 13.2 Å². The third-order valence-electron chi connectivity index (χ3n) is 2.10. The van der Waals surface area contributed by atoms with E-state index in [-0.39, 0.29) is 29.6 Å². The third kappa shape index (κ3) is 4.07. The van der Waals surface area contributed by atoms with Crippen molar-refractivity contribution < 1.29 is 19.6 Å².